The molecule has 4 atom stereocenters. The van der Waals surface area contributed by atoms with Crippen LogP contribution in [0.25, 0.3) is 0 Å². The maximum Gasteiger partial charge on any atom is 0.0639 e. The lowest BCUT2D eigenvalue weighted by atomic mass is 9.78. The molecule has 3 N–H and O–H groups in total. The summed E-state index contributed by atoms with van der Waals surface area (Å²) in [6.45, 7) is 4.95. The molecule has 82 valence electrons. The summed E-state index contributed by atoms with van der Waals surface area (Å²) in [5, 5.41) is 9.34. The van der Waals surface area contributed by atoms with Gasteiger partial charge in [-0.15, -0.1) is 0 Å². The van der Waals surface area contributed by atoms with E-state index in [2.05, 4.69) is 4.90 Å². The highest BCUT2D eigenvalue weighted by molar-refractivity contribution is 4.93. The summed E-state index contributed by atoms with van der Waals surface area (Å²) in [7, 11) is 0. The Labute approximate surface area is 86.3 Å². The first-order valence-corrected chi connectivity index (χ1v) is 5.83. The molecular weight excluding hydrogens is 176 g/mol. The highest BCUT2D eigenvalue weighted by Gasteiger charge is 2.38. The third kappa shape index (κ3) is 2.10. The normalized spacial score (nSPS) is 40.9. The Hall–Kier alpha value is -0.120. The third-order valence-corrected chi connectivity index (χ3v) is 3.75. The molecule has 1 saturated heterocycles. The molecule has 0 amide bonds. The second-order valence-corrected chi connectivity index (χ2v) is 5.09. The largest absolute Gasteiger partial charge is 0.392 e. The van der Waals surface area contributed by atoms with E-state index in [9.17, 15) is 5.11 Å². The maximum absolute atomic E-state index is 9.34. The summed E-state index contributed by atoms with van der Waals surface area (Å²) < 4.78 is 0. The fraction of sp³-hybridized carbons (Fsp3) is 1.00. The van der Waals surface area contributed by atoms with Gasteiger partial charge in [-0.25, -0.2) is 0 Å². The average molecular weight is 198 g/mol. The molecule has 0 aromatic rings. The van der Waals surface area contributed by atoms with E-state index >= 15 is 0 Å². The molecule has 0 bridgehead atoms. The van der Waals surface area contributed by atoms with Gasteiger partial charge in [0.1, 0.15) is 0 Å². The molecule has 0 spiro atoms. The lowest BCUT2D eigenvalue weighted by molar-refractivity contribution is 0.137. The number of β-amino-alcohol motifs (C(OH)–C–C–N with tert-alkyl or cyclic N) is 1. The molecule has 3 nitrogen and oxygen atoms in total. The molecule has 1 saturated carbocycles. The van der Waals surface area contributed by atoms with E-state index in [-0.39, 0.29) is 6.10 Å². The minimum absolute atomic E-state index is 0.202. The van der Waals surface area contributed by atoms with Crippen LogP contribution in [0.5, 0.6) is 0 Å². The van der Waals surface area contributed by atoms with E-state index in [4.69, 9.17) is 5.73 Å². The number of likely N-dealkylation sites (tertiary alicyclic amines) is 1. The van der Waals surface area contributed by atoms with Crippen molar-refractivity contribution in [1.82, 2.24) is 4.90 Å². The van der Waals surface area contributed by atoms with E-state index in [1.165, 1.54) is 19.3 Å². The summed E-state index contributed by atoms with van der Waals surface area (Å²) in [6, 6.07) is 0.410. The van der Waals surface area contributed by atoms with Crippen LogP contribution in [-0.2, 0) is 0 Å². The third-order valence-electron chi connectivity index (χ3n) is 3.75. The van der Waals surface area contributed by atoms with Crippen molar-refractivity contribution in [2.75, 3.05) is 19.6 Å². The van der Waals surface area contributed by atoms with E-state index in [0.29, 0.717) is 12.0 Å². The molecule has 1 aliphatic heterocycles. The Morgan fingerprint density at radius 3 is 2.86 bits per heavy atom. The second-order valence-electron chi connectivity index (χ2n) is 5.09. The molecule has 3 heteroatoms. The predicted octanol–water partition coefficient (Wildman–Crippen LogP) is 0.426. The van der Waals surface area contributed by atoms with Crippen molar-refractivity contribution in [3.8, 4) is 0 Å². The Morgan fingerprint density at radius 2 is 2.21 bits per heavy atom. The van der Waals surface area contributed by atoms with Crippen molar-refractivity contribution in [2.45, 2.75) is 38.3 Å². The fourth-order valence-corrected chi connectivity index (χ4v) is 3.13. The minimum Gasteiger partial charge on any atom is -0.392 e. The Kier molecular flexibility index (Phi) is 3.10. The SMILES string of the molecule is C[C@@H](O)CN1CC2CCCC(N)C2C1. The molecular formula is C11H22N2O. The zero-order valence-corrected chi connectivity index (χ0v) is 9.02. The highest BCUT2D eigenvalue weighted by Crippen LogP contribution is 2.35. The van der Waals surface area contributed by atoms with E-state index in [1.807, 2.05) is 6.92 Å². The van der Waals surface area contributed by atoms with Crippen LogP contribution in [0, 0.1) is 11.8 Å². The summed E-state index contributed by atoms with van der Waals surface area (Å²) in [6.07, 6.45) is 3.63. The number of nitrogens with two attached hydrogens (primary N) is 1. The minimum atomic E-state index is -0.202. The van der Waals surface area contributed by atoms with Gasteiger partial charge >= 0.3 is 0 Å². The molecule has 3 unspecified atom stereocenters. The summed E-state index contributed by atoms with van der Waals surface area (Å²) in [4.78, 5) is 2.38. The molecule has 0 radical (unpaired) electrons. The van der Waals surface area contributed by atoms with Gasteiger partial charge in [0.25, 0.3) is 0 Å². The van der Waals surface area contributed by atoms with E-state index in [1.54, 1.807) is 0 Å². The van der Waals surface area contributed by atoms with Crippen molar-refractivity contribution in [2.24, 2.45) is 17.6 Å². The van der Waals surface area contributed by atoms with Crippen molar-refractivity contribution in [1.29, 1.82) is 0 Å². The monoisotopic (exact) mass is 198 g/mol. The van der Waals surface area contributed by atoms with Crippen LogP contribution in [0.4, 0.5) is 0 Å². The number of hydrogen-bond acceptors (Lipinski definition) is 3. The quantitative estimate of drug-likeness (QED) is 0.676. The zero-order chi connectivity index (χ0) is 10.1. The van der Waals surface area contributed by atoms with Gasteiger partial charge in [0.05, 0.1) is 6.10 Å². The van der Waals surface area contributed by atoms with Crippen LogP contribution >= 0.6 is 0 Å². The van der Waals surface area contributed by atoms with Gasteiger partial charge in [0.15, 0.2) is 0 Å². The lowest BCUT2D eigenvalue weighted by Gasteiger charge is -2.29. The van der Waals surface area contributed by atoms with Crippen LogP contribution in [0.15, 0.2) is 0 Å². The van der Waals surface area contributed by atoms with Crippen molar-refractivity contribution < 1.29 is 5.11 Å². The number of fused-ring (bicyclic) bond motifs is 1. The maximum atomic E-state index is 9.34. The zero-order valence-electron chi connectivity index (χ0n) is 9.02. The average Bonchev–Trinajstić information content (AvgIpc) is 2.47. The number of aliphatic hydroxyl groups is 1. The Balaban J connectivity index is 1.90. The highest BCUT2D eigenvalue weighted by atomic mass is 16.3. The van der Waals surface area contributed by atoms with Gasteiger partial charge < -0.3 is 15.7 Å². The molecule has 14 heavy (non-hydrogen) atoms. The van der Waals surface area contributed by atoms with E-state index < -0.39 is 0 Å². The molecule has 2 aliphatic rings. The second kappa shape index (κ2) is 4.17. The molecule has 0 aromatic heterocycles. The summed E-state index contributed by atoms with van der Waals surface area (Å²) >= 11 is 0. The molecule has 2 rings (SSSR count). The number of hydrogen-bond donors (Lipinski definition) is 2. The van der Waals surface area contributed by atoms with Gasteiger partial charge in [-0.05, 0) is 31.6 Å². The van der Waals surface area contributed by atoms with Gasteiger partial charge in [0.2, 0.25) is 0 Å². The first-order chi connectivity index (χ1) is 6.66. The summed E-state index contributed by atoms with van der Waals surface area (Å²) in [5.41, 5.74) is 6.12. The van der Waals surface area contributed by atoms with Crippen LogP contribution in [0.3, 0.4) is 0 Å². The van der Waals surface area contributed by atoms with Crippen molar-refractivity contribution >= 4 is 0 Å². The summed E-state index contributed by atoms with van der Waals surface area (Å²) in [5.74, 6) is 1.50. The topological polar surface area (TPSA) is 49.5 Å². The standard InChI is InChI=1S/C11H22N2O/c1-8(14)5-13-6-9-3-2-4-11(12)10(9)7-13/h8-11,14H,2-7,12H2,1H3/t8-,9?,10?,11?/m1/s1. The van der Waals surface area contributed by atoms with Gasteiger partial charge in [-0.2, -0.15) is 0 Å². The van der Waals surface area contributed by atoms with Gasteiger partial charge in [-0.3, -0.25) is 0 Å². The number of rotatable bonds is 2. The van der Waals surface area contributed by atoms with E-state index in [0.717, 1.165) is 25.6 Å². The van der Waals surface area contributed by atoms with Gasteiger partial charge in [0, 0.05) is 25.7 Å². The molecule has 1 aliphatic carbocycles. The number of aliphatic hydroxyl groups excluding tert-OH is 1. The van der Waals surface area contributed by atoms with Crippen LogP contribution < -0.4 is 5.73 Å². The van der Waals surface area contributed by atoms with Crippen LogP contribution in [0.1, 0.15) is 26.2 Å². The first-order valence-electron chi connectivity index (χ1n) is 5.83. The van der Waals surface area contributed by atoms with Crippen molar-refractivity contribution in [3.63, 3.8) is 0 Å². The Bertz CT molecular complexity index is 196. The number of nitrogens with zero attached hydrogens (tertiary/aromatic N) is 1. The van der Waals surface area contributed by atoms with Crippen LogP contribution in [-0.4, -0.2) is 41.8 Å². The van der Waals surface area contributed by atoms with Crippen molar-refractivity contribution in [3.05, 3.63) is 0 Å². The first kappa shape index (κ1) is 10.4. The van der Waals surface area contributed by atoms with Crippen LogP contribution in [0.2, 0.25) is 0 Å². The fourth-order valence-electron chi connectivity index (χ4n) is 3.13. The molecule has 2 fully saturated rings. The Morgan fingerprint density at radius 1 is 1.43 bits per heavy atom. The molecule has 1 heterocycles. The molecule has 0 aromatic carbocycles. The smallest absolute Gasteiger partial charge is 0.0639 e. The lowest BCUT2D eigenvalue weighted by Crippen LogP contribution is -2.38. The van der Waals surface area contributed by atoms with Gasteiger partial charge in [-0.1, -0.05) is 6.42 Å². The predicted molar refractivity (Wildman–Crippen MR) is 56.9 cm³/mol.